The number of ether oxygens (including phenoxy) is 1. The Bertz CT molecular complexity index is 1080. The summed E-state index contributed by atoms with van der Waals surface area (Å²) in [6.45, 7) is 0.954. The second-order valence-electron chi connectivity index (χ2n) is 6.49. The van der Waals surface area contributed by atoms with Gasteiger partial charge in [-0.1, -0.05) is 48.5 Å². The van der Waals surface area contributed by atoms with Crippen LogP contribution in [-0.4, -0.2) is 11.5 Å². The highest BCUT2D eigenvalue weighted by Gasteiger charge is 2.20. The van der Waals surface area contributed by atoms with Crippen LogP contribution in [0.4, 0.5) is 5.13 Å². The summed E-state index contributed by atoms with van der Waals surface area (Å²) in [5.74, 6) is 1.76. The third kappa shape index (κ3) is 3.51. The number of anilines is 1. The Kier molecular flexibility index (Phi) is 4.77. The average Bonchev–Trinajstić information content (AvgIpc) is 3.29. The lowest BCUT2D eigenvalue weighted by atomic mass is 10.0. The van der Waals surface area contributed by atoms with E-state index in [1.54, 1.807) is 23.3 Å². The first kappa shape index (κ1) is 17.3. The molecule has 138 valence electrons. The zero-order chi connectivity index (χ0) is 18.8. The summed E-state index contributed by atoms with van der Waals surface area (Å²) in [6.07, 6.45) is 2.84. The molecular formula is C23H18N2OS2. The molecule has 0 saturated carbocycles. The molecule has 5 rings (SSSR count). The predicted molar refractivity (Wildman–Crippen MR) is 117 cm³/mol. The minimum absolute atomic E-state index is 0.876. The highest BCUT2D eigenvalue weighted by Crippen LogP contribution is 2.39. The van der Waals surface area contributed by atoms with Crippen LogP contribution in [0.3, 0.4) is 0 Å². The van der Waals surface area contributed by atoms with Crippen molar-refractivity contribution in [1.29, 1.82) is 0 Å². The molecule has 0 N–H and O–H groups in total. The van der Waals surface area contributed by atoms with Gasteiger partial charge in [0.2, 0.25) is 0 Å². The fraction of sp³-hybridized carbons (Fsp3) is 0.0870. The summed E-state index contributed by atoms with van der Waals surface area (Å²) in [6, 6.07) is 24.9. The fourth-order valence-corrected chi connectivity index (χ4v) is 5.07. The van der Waals surface area contributed by atoms with Crippen LogP contribution in [0.1, 0.15) is 5.56 Å². The quantitative estimate of drug-likeness (QED) is 0.356. The van der Waals surface area contributed by atoms with E-state index in [9.17, 15) is 0 Å². The van der Waals surface area contributed by atoms with E-state index in [4.69, 9.17) is 4.74 Å². The Morgan fingerprint density at radius 1 is 0.929 bits per heavy atom. The van der Waals surface area contributed by atoms with E-state index >= 15 is 0 Å². The zero-order valence-electron chi connectivity index (χ0n) is 15.1. The van der Waals surface area contributed by atoms with E-state index in [-0.39, 0.29) is 0 Å². The molecule has 0 saturated heterocycles. The molecule has 3 aromatic carbocycles. The van der Waals surface area contributed by atoms with Gasteiger partial charge in [-0.3, -0.25) is 4.31 Å². The van der Waals surface area contributed by atoms with Crippen LogP contribution in [-0.2, 0) is 6.42 Å². The first-order valence-electron chi connectivity index (χ1n) is 9.17. The van der Waals surface area contributed by atoms with E-state index in [2.05, 4.69) is 57.8 Å². The molecule has 4 aromatic rings. The highest BCUT2D eigenvalue weighted by molar-refractivity contribution is 8.01. The second kappa shape index (κ2) is 7.70. The molecule has 28 heavy (non-hydrogen) atoms. The minimum Gasteiger partial charge on any atom is -0.457 e. The van der Waals surface area contributed by atoms with Crippen molar-refractivity contribution >= 4 is 28.4 Å². The van der Waals surface area contributed by atoms with Gasteiger partial charge in [-0.25, -0.2) is 4.98 Å². The van der Waals surface area contributed by atoms with Crippen LogP contribution < -0.4 is 9.04 Å². The van der Waals surface area contributed by atoms with Crippen molar-refractivity contribution < 1.29 is 4.74 Å². The monoisotopic (exact) mass is 402 g/mol. The molecule has 2 heterocycles. The van der Waals surface area contributed by atoms with E-state index in [0.29, 0.717) is 0 Å². The van der Waals surface area contributed by atoms with E-state index in [0.717, 1.165) is 40.7 Å². The third-order valence-electron chi connectivity index (χ3n) is 4.66. The molecule has 0 aliphatic carbocycles. The molecule has 3 nitrogen and oxygen atoms in total. The average molecular weight is 403 g/mol. The number of thiazole rings is 1. The number of fused-ring (bicyclic) bond motifs is 1. The van der Waals surface area contributed by atoms with E-state index < -0.39 is 0 Å². The van der Waals surface area contributed by atoms with Crippen LogP contribution in [0.25, 0.3) is 11.1 Å². The van der Waals surface area contributed by atoms with Gasteiger partial charge in [-0.15, -0.1) is 11.3 Å². The van der Waals surface area contributed by atoms with Crippen LogP contribution in [0.15, 0.2) is 89.3 Å². The standard InChI is InChI=1S/C23H18N2OS2/c1-2-6-17(7-3-1)20-8-4-5-9-21(20)26-19-10-11-22-18(16-19)12-14-25(28-22)23-24-13-15-27-23/h1-11,13,15-16H,12,14H2. The van der Waals surface area contributed by atoms with Gasteiger partial charge in [0.05, 0.1) is 0 Å². The molecule has 0 spiro atoms. The number of nitrogens with zero attached hydrogens (tertiary/aromatic N) is 2. The highest BCUT2D eigenvalue weighted by atomic mass is 32.2. The van der Waals surface area contributed by atoms with Gasteiger partial charge in [0.15, 0.2) is 5.13 Å². The molecule has 1 aromatic heterocycles. The van der Waals surface area contributed by atoms with Gasteiger partial charge in [0, 0.05) is 28.6 Å². The predicted octanol–water partition coefficient (Wildman–Crippen LogP) is 6.67. The lowest BCUT2D eigenvalue weighted by Gasteiger charge is -2.27. The zero-order valence-corrected chi connectivity index (χ0v) is 16.7. The Labute approximate surface area is 172 Å². The fourth-order valence-electron chi connectivity index (χ4n) is 3.30. The van der Waals surface area contributed by atoms with Gasteiger partial charge >= 0.3 is 0 Å². The molecule has 0 bridgehead atoms. The van der Waals surface area contributed by atoms with Crippen LogP contribution in [0.2, 0.25) is 0 Å². The molecular weight excluding hydrogens is 384 g/mol. The maximum absolute atomic E-state index is 6.30. The van der Waals surface area contributed by atoms with Crippen molar-refractivity contribution in [1.82, 2.24) is 4.98 Å². The van der Waals surface area contributed by atoms with E-state index in [1.165, 1.54) is 10.5 Å². The van der Waals surface area contributed by atoms with Crippen LogP contribution >= 0.6 is 23.3 Å². The SMILES string of the molecule is c1ccc(-c2ccccc2Oc2ccc3c(c2)CCN(c2nccs2)S3)cc1. The molecule has 0 atom stereocenters. The molecule has 0 fully saturated rings. The number of hydrogen-bond acceptors (Lipinski definition) is 5. The molecule has 1 aliphatic rings. The van der Waals surface area contributed by atoms with Crippen LogP contribution in [0, 0.1) is 0 Å². The summed E-state index contributed by atoms with van der Waals surface area (Å²) < 4.78 is 8.56. The van der Waals surface area contributed by atoms with Crippen molar-refractivity contribution in [2.45, 2.75) is 11.3 Å². The number of hydrogen-bond donors (Lipinski definition) is 0. The second-order valence-corrected chi connectivity index (χ2v) is 8.43. The Morgan fingerprint density at radius 2 is 1.79 bits per heavy atom. The summed E-state index contributed by atoms with van der Waals surface area (Å²) in [5, 5.41) is 3.08. The van der Waals surface area contributed by atoms with Gasteiger partial charge in [-0.05, 0) is 53.8 Å². The smallest absolute Gasteiger partial charge is 0.195 e. The normalized spacial score (nSPS) is 13.2. The molecule has 1 aliphatic heterocycles. The summed E-state index contributed by atoms with van der Waals surface area (Å²) in [4.78, 5) is 5.69. The maximum atomic E-state index is 6.30. The number of benzene rings is 3. The molecule has 0 unspecified atom stereocenters. The van der Waals surface area contributed by atoms with Crippen molar-refractivity contribution in [2.75, 3.05) is 10.8 Å². The van der Waals surface area contributed by atoms with Crippen LogP contribution in [0.5, 0.6) is 11.5 Å². The third-order valence-corrected chi connectivity index (χ3v) is 6.74. The van der Waals surface area contributed by atoms with Gasteiger partial charge < -0.3 is 4.74 Å². The number of para-hydroxylation sites is 1. The van der Waals surface area contributed by atoms with Crippen molar-refractivity contribution in [3.8, 4) is 22.6 Å². The Morgan fingerprint density at radius 3 is 2.64 bits per heavy atom. The largest absolute Gasteiger partial charge is 0.457 e. The number of aromatic nitrogens is 1. The molecule has 0 amide bonds. The first-order valence-corrected chi connectivity index (χ1v) is 10.8. The lowest BCUT2D eigenvalue weighted by Crippen LogP contribution is -2.22. The summed E-state index contributed by atoms with van der Waals surface area (Å²) >= 11 is 3.43. The number of rotatable bonds is 4. The van der Waals surface area contributed by atoms with Crippen molar-refractivity contribution in [3.63, 3.8) is 0 Å². The van der Waals surface area contributed by atoms with Gasteiger partial charge in [0.1, 0.15) is 11.5 Å². The summed E-state index contributed by atoms with van der Waals surface area (Å²) in [5.41, 5.74) is 3.59. The first-order chi connectivity index (χ1) is 13.9. The molecule has 5 heteroatoms. The molecule has 0 radical (unpaired) electrons. The summed E-state index contributed by atoms with van der Waals surface area (Å²) in [7, 11) is 0. The van der Waals surface area contributed by atoms with Gasteiger partial charge in [0.25, 0.3) is 0 Å². The topological polar surface area (TPSA) is 25.4 Å². The Hall–Kier alpha value is -2.76. The Balaban J connectivity index is 1.40. The maximum Gasteiger partial charge on any atom is 0.195 e. The van der Waals surface area contributed by atoms with Crippen molar-refractivity contribution in [3.05, 3.63) is 89.9 Å². The lowest BCUT2D eigenvalue weighted by molar-refractivity contribution is 0.483. The van der Waals surface area contributed by atoms with Crippen molar-refractivity contribution in [2.24, 2.45) is 0 Å². The van der Waals surface area contributed by atoms with E-state index in [1.807, 2.05) is 35.8 Å². The van der Waals surface area contributed by atoms with Gasteiger partial charge in [-0.2, -0.15) is 0 Å². The minimum atomic E-state index is 0.876.